The van der Waals surface area contributed by atoms with Gasteiger partial charge in [0.25, 0.3) is 0 Å². The van der Waals surface area contributed by atoms with Gasteiger partial charge in [0.15, 0.2) is 0 Å². The Bertz CT molecular complexity index is 352. The van der Waals surface area contributed by atoms with Crippen molar-refractivity contribution in [3.63, 3.8) is 0 Å². The molecule has 0 aliphatic heterocycles. The molecule has 1 rings (SSSR count). The van der Waals surface area contributed by atoms with Gasteiger partial charge in [-0.25, -0.2) is 9.18 Å². The highest BCUT2D eigenvalue weighted by Gasteiger charge is 2.10. The lowest BCUT2D eigenvalue weighted by Gasteiger charge is -2.06. The molecule has 1 aromatic rings. The fourth-order valence-electron chi connectivity index (χ4n) is 1.11. The topological polar surface area (TPSA) is 26.3 Å². The Morgan fingerprint density at radius 2 is 2.27 bits per heavy atom. The van der Waals surface area contributed by atoms with Crippen molar-refractivity contribution in [3.05, 3.63) is 35.1 Å². The molecule has 82 valence electrons. The number of aryl methyl sites for hydroxylation is 1. The van der Waals surface area contributed by atoms with Crippen LogP contribution < -0.4 is 0 Å². The van der Waals surface area contributed by atoms with Crippen LogP contribution in [0.3, 0.4) is 0 Å². The van der Waals surface area contributed by atoms with Crippen LogP contribution in [-0.4, -0.2) is 24.6 Å². The van der Waals surface area contributed by atoms with Gasteiger partial charge in [-0.1, -0.05) is 6.07 Å². The van der Waals surface area contributed by atoms with Gasteiger partial charge in [-0.15, -0.1) is 0 Å². The van der Waals surface area contributed by atoms with Gasteiger partial charge in [0.1, 0.15) is 12.4 Å². The highest BCUT2D eigenvalue weighted by molar-refractivity contribution is 7.98. The number of carbonyl (C=O) groups is 1. The first-order chi connectivity index (χ1) is 7.15. The fourth-order valence-corrected chi connectivity index (χ4v) is 1.36. The summed E-state index contributed by atoms with van der Waals surface area (Å²) in [6.45, 7) is 2.11. The second kappa shape index (κ2) is 5.75. The minimum atomic E-state index is -0.457. The van der Waals surface area contributed by atoms with Crippen LogP contribution in [0.2, 0.25) is 0 Å². The third kappa shape index (κ3) is 3.55. The van der Waals surface area contributed by atoms with E-state index in [0.717, 1.165) is 11.3 Å². The highest BCUT2D eigenvalue weighted by Crippen LogP contribution is 2.11. The van der Waals surface area contributed by atoms with Gasteiger partial charge in [-0.2, -0.15) is 11.8 Å². The van der Waals surface area contributed by atoms with Crippen LogP contribution in [0.5, 0.6) is 0 Å². The molecule has 0 bridgehead atoms. The van der Waals surface area contributed by atoms with E-state index in [2.05, 4.69) is 0 Å². The van der Waals surface area contributed by atoms with E-state index >= 15 is 0 Å². The second-order valence-electron chi connectivity index (χ2n) is 3.09. The van der Waals surface area contributed by atoms with Crippen molar-refractivity contribution in [2.75, 3.05) is 18.6 Å². The van der Waals surface area contributed by atoms with Crippen LogP contribution in [0.25, 0.3) is 0 Å². The number of ether oxygens (including phenoxy) is 1. The van der Waals surface area contributed by atoms with Crippen molar-refractivity contribution < 1.29 is 13.9 Å². The smallest absolute Gasteiger partial charge is 0.338 e. The largest absolute Gasteiger partial charge is 0.461 e. The third-order valence-corrected chi connectivity index (χ3v) is 2.52. The number of esters is 1. The molecule has 0 aromatic heterocycles. The number of hydrogen-bond donors (Lipinski definition) is 0. The molecule has 2 nitrogen and oxygen atoms in total. The monoisotopic (exact) mass is 228 g/mol. The molecule has 0 fully saturated rings. The standard InChI is InChI=1S/C11H13FO2S/c1-8-3-4-9(12)7-10(8)11(13)14-5-6-15-2/h3-4,7H,5-6H2,1-2H3. The van der Waals surface area contributed by atoms with Crippen molar-refractivity contribution in [1.29, 1.82) is 0 Å². The zero-order valence-electron chi connectivity index (χ0n) is 8.75. The Labute approximate surface area is 92.8 Å². The molecule has 0 aliphatic carbocycles. The Morgan fingerprint density at radius 1 is 1.53 bits per heavy atom. The summed E-state index contributed by atoms with van der Waals surface area (Å²) in [4.78, 5) is 11.5. The summed E-state index contributed by atoms with van der Waals surface area (Å²) in [7, 11) is 0. The average molecular weight is 228 g/mol. The average Bonchev–Trinajstić information content (AvgIpc) is 2.22. The van der Waals surface area contributed by atoms with Crippen molar-refractivity contribution >= 4 is 17.7 Å². The molecule has 0 saturated carbocycles. The number of carbonyl (C=O) groups excluding carboxylic acids is 1. The maximum Gasteiger partial charge on any atom is 0.338 e. The number of halogens is 1. The fraction of sp³-hybridized carbons (Fsp3) is 0.364. The summed E-state index contributed by atoms with van der Waals surface area (Å²) >= 11 is 1.59. The molecule has 0 spiro atoms. The van der Waals surface area contributed by atoms with E-state index in [1.54, 1.807) is 24.8 Å². The molecular formula is C11H13FO2S. The van der Waals surface area contributed by atoms with Crippen LogP contribution in [0.4, 0.5) is 4.39 Å². The normalized spacial score (nSPS) is 10.1. The summed E-state index contributed by atoms with van der Waals surface area (Å²) in [6.07, 6.45) is 1.93. The molecule has 1 aromatic carbocycles. The van der Waals surface area contributed by atoms with Gasteiger partial charge in [0, 0.05) is 5.75 Å². The summed E-state index contributed by atoms with van der Waals surface area (Å²) in [6, 6.07) is 4.10. The maximum atomic E-state index is 12.9. The van der Waals surface area contributed by atoms with Gasteiger partial charge in [-0.3, -0.25) is 0 Å². The van der Waals surface area contributed by atoms with Crippen molar-refractivity contribution in [3.8, 4) is 0 Å². The predicted molar refractivity (Wildman–Crippen MR) is 59.8 cm³/mol. The van der Waals surface area contributed by atoms with Crippen LogP contribution in [0.1, 0.15) is 15.9 Å². The Kier molecular flexibility index (Phi) is 4.62. The first-order valence-electron chi connectivity index (χ1n) is 4.57. The van der Waals surface area contributed by atoms with E-state index in [-0.39, 0.29) is 0 Å². The minimum absolute atomic E-state index is 0.302. The lowest BCUT2D eigenvalue weighted by atomic mass is 10.1. The van der Waals surface area contributed by atoms with E-state index in [9.17, 15) is 9.18 Å². The molecule has 0 radical (unpaired) electrons. The van der Waals surface area contributed by atoms with E-state index in [4.69, 9.17) is 4.74 Å². The molecule has 0 amide bonds. The zero-order chi connectivity index (χ0) is 11.3. The molecule has 0 aliphatic rings. The minimum Gasteiger partial charge on any atom is -0.461 e. The van der Waals surface area contributed by atoms with Crippen LogP contribution in [0, 0.1) is 12.7 Å². The van der Waals surface area contributed by atoms with Gasteiger partial charge in [-0.05, 0) is 30.9 Å². The second-order valence-corrected chi connectivity index (χ2v) is 4.07. The summed E-state index contributed by atoms with van der Waals surface area (Å²) in [5.74, 6) is -0.126. The predicted octanol–water partition coefficient (Wildman–Crippen LogP) is 2.65. The number of rotatable bonds is 4. The molecular weight excluding hydrogens is 215 g/mol. The van der Waals surface area contributed by atoms with Crippen LogP contribution in [0.15, 0.2) is 18.2 Å². The maximum absolute atomic E-state index is 12.9. The van der Waals surface area contributed by atoms with E-state index in [0.29, 0.717) is 12.2 Å². The molecule has 0 saturated heterocycles. The molecule has 0 atom stereocenters. The Morgan fingerprint density at radius 3 is 2.93 bits per heavy atom. The van der Waals surface area contributed by atoms with Crippen molar-refractivity contribution in [1.82, 2.24) is 0 Å². The number of benzene rings is 1. The lowest BCUT2D eigenvalue weighted by molar-refractivity contribution is 0.0529. The van der Waals surface area contributed by atoms with E-state index in [1.165, 1.54) is 12.1 Å². The van der Waals surface area contributed by atoms with Gasteiger partial charge in [0.2, 0.25) is 0 Å². The van der Waals surface area contributed by atoms with Crippen LogP contribution >= 0.6 is 11.8 Å². The van der Waals surface area contributed by atoms with Gasteiger partial charge >= 0.3 is 5.97 Å². The summed E-state index contributed by atoms with van der Waals surface area (Å²) in [5.41, 5.74) is 1.03. The first kappa shape index (κ1) is 12.0. The first-order valence-corrected chi connectivity index (χ1v) is 5.96. The molecule has 0 heterocycles. The van der Waals surface area contributed by atoms with Crippen molar-refractivity contribution in [2.45, 2.75) is 6.92 Å². The molecule has 0 N–H and O–H groups in total. The number of hydrogen-bond acceptors (Lipinski definition) is 3. The highest BCUT2D eigenvalue weighted by atomic mass is 32.2. The van der Waals surface area contributed by atoms with Crippen LogP contribution in [-0.2, 0) is 4.74 Å². The van der Waals surface area contributed by atoms with E-state index < -0.39 is 11.8 Å². The Hall–Kier alpha value is -1.03. The van der Waals surface area contributed by atoms with E-state index in [1.807, 2.05) is 6.26 Å². The van der Waals surface area contributed by atoms with Gasteiger partial charge < -0.3 is 4.74 Å². The third-order valence-electron chi connectivity index (χ3n) is 1.94. The molecule has 4 heteroatoms. The SMILES string of the molecule is CSCCOC(=O)c1cc(F)ccc1C. The molecule has 0 unspecified atom stereocenters. The zero-order valence-corrected chi connectivity index (χ0v) is 9.57. The molecule has 15 heavy (non-hydrogen) atoms. The summed E-state index contributed by atoms with van der Waals surface area (Å²) < 4.78 is 17.9. The lowest BCUT2D eigenvalue weighted by Crippen LogP contribution is -2.09. The quantitative estimate of drug-likeness (QED) is 0.585. The summed E-state index contributed by atoms with van der Waals surface area (Å²) in [5, 5.41) is 0. The van der Waals surface area contributed by atoms with Gasteiger partial charge in [0.05, 0.1) is 5.56 Å². The number of thioether (sulfide) groups is 1. The van der Waals surface area contributed by atoms with Crippen molar-refractivity contribution in [2.24, 2.45) is 0 Å². The Balaban J connectivity index is 2.68.